The van der Waals surface area contributed by atoms with E-state index in [1.54, 1.807) is 6.33 Å². The number of allylic oxidation sites excluding steroid dienone is 1. The average Bonchev–Trinajstić information content (AvgIpc) is 3.12. The fourth-order valence-electron chi connectivity index (χ4n) is 3.79. The Bertz CT molecular complexity index is 877. The Labute approximate surface area is 193 Å². The number of hydrogen-bond donors (Lipinski definition) is 0. The highest BCUT2D eigenvalue weighted by molar-refractivity contribution is 5.98. The third kappa shape index (κ3) is 7.74. The molecule has 1 aromatic heterocycles. The molecule has 1 aromatic carbocycles. The van der Waals surface area contributed by atoms with Crippen molar-refractivity contribution in [2.24, 2.45) is 12.2 Å². The molecular formula is C26H39N3O3. The van der Waals surface area contributed by atoms with Crippen LogP contribution in [0.15, 0.2) is 35.8 Å². The summed E-state index contributed by atoms with van der Waals surface area (Å²) in [4.78, 5) is 9.21. The molecule has 6 nitrogen and oxygen atoms in total. The highest BCUT2D eigenvalue weighted by Gasteiger charge is 2.13. The maximum atomic E-state index is 5.98. The lowest BCUT2D eigenvalue weighted by Gasteiger charge is -2.13. The van der Waals surface area contributed by atoms with E-state index in [0.717, 1.165) is 36.6 Å². The summed E-state index contributed by atoms with van der Waals surface area (Å²) in [7, 11) is 3.46. The number of ether oxygens (including phenoxy) is 2. The average molecular weight is 442 g/mol. The van der Waals surface area contributed by atoms with Crippen LogP contribution in [-0.4, -0.2) is 35.6 Å². The number of rotatable bonds is 14. The van der Waals surface area contributed by atoms with E-state index >= 15 is 0 Å². The standard InChI is InChI=1S/C26H39N3O3/c1-7-8-15-31-23-17-20(2)24(21(3)18-23)14-12-10-9-11-13-16-32-26-25(22(4)28-30-6)27-19-29(26)5/h7-8,17-19H,9-16H2,1-6H3/b8-7+,28-22?. The first kappa shape index (κ1) is 25.5. The number of unbranched alkanes of at least 4 members (excludes halogenated alkanes) is 4. The van der Waals surface area contributed by atoms with Gasteiger partial charge < -0.3 is 18.9 Å². The van der Waals surface area contributed by atoms with E-state index in [0.29, 0.717) is 18.9 Å². The van der Waals surface area contributed by atoms with Gasteiger partial charge in [-0.1, -0.05) is 36.6 Å². The predicted molar refractivity (Wildman–Crippen MR) is 131 cm³/mol. The maximum absolute atomic E-state index is 5.98. The van der Waals surface area contributed by atoms with Crippen molar-refractivity contribution in [2.45, 2.75) is 66.2 Å². The van der Waals surface area contributed by atoms with E-state index in [4.69, 9.17) is 14.3 Å². The SMILES string of the molecule is C/C=C/COc1cc(C)c(CCCCCCCOc2c(C(C)=NOC)ncn2C)c(C)c1. The number of nitrogens with zero attached hydrogens (tertiary/aromatic N) is 3. The summed E-state index contributed by atoms with van der Waals surface area (Å²) in [5, 5.41) is 3.96. The van der Waals surface area contributed by atoms with Crippen LogP contribution in [0.3, 0.4) is 0 Å². The van der Waals surface area contributed by atoms with Crippen LogP contribution < -0.4 is 9.47 Å². The van der Waals surface area contributed by atoms with E-state index in [9.17, 15) is 0 Å². The molecule has 0 aliphatic carbocycles. The largest absolute Gasteiger partial charge is 0.490 e. The minimum Gasteiger partial charge on any atom is -0.490 e. The molecule has 32 heavy (non-hydrogen) atoms. The van der Waals surface area contributed by atoms with Gasteiger partial charge in [0.2, 0.25) is 5.88 Å². The van der Waals surface area contributed by atoms with E-state index < -0.39 is 0 Å². The number of imidazole rings is 1. The molecule has 0 bridgehead atoms. The minimum absolute atomic E-state index is 0.626. The molecule has 0 spiro atoms. The van der Waals surface area contributed by atoms with Crippen molar-refractivity contribution in [3.05, 3.63) is 53.0 Å². The topological polar surface area (TPSA) is 57.9 Å². The van der Waals surface area contributed by atoms with Crippen LogP contribution in [0.5, 0.6) is 11.6 Å². The summed E-state index contributed by atoms with van der Waals surface area (Å²) in [6.45, 7) is 9.56. The summed E-state index contributed by atoms with van der Waals surface area (Å²) in [5.74, 6) is 1.70. The smallest absolute Gasteiger partial charge is 0.223 e. The van der Waals surface area contributed by atoms with Crippen LogP contribution in [0, 0.1) is 13.8 Å². The molecule has 1 heterocycles. The number of aromatic nitrogens is 2. The van der Waals surface area contributed by atoms with Crippen molar-refractivity contribution in [1.29, 1.82) is 0 Å². The second-order valence-electron chi connectivity index (χ2n) is 8.15. The Kier molecular flexibility index (Phi) is 10.8. The normalized spacial score (nSPS) is 11.9. The molecular weight excluding hydrogens is 402 g/mol. The Morgan fingerprint density at radius 1 is 1.06 bits per heavy atom. The molecule has 2 rings (SSSR count). The number of benzene rings is 1. The molecule has 0 saturated carbocycles. The third-order valence-corrected chi connectivity index (χ3v) is 5.52. The lowest BCUT2D eigenvalue weighted by molar-refractivity contribution is 0.213. The molecule has 0 atom stereocenters. The van der Waals surface area contributed by atoms with E-state index in [1.807, 2.05) is 37.6 Å². The zero-order chi connectivity index (χ0) is 23.3. The monoisotopic (exact) mass is 441 g/mol. The van der Waals surface area contributed by atoms with E-state index in [-0.39, 0.29) is 0 Å². The summed E-state index contributed by atoms with van der Waals surface area (Å²) in [5.41, 5.74) is 5.56. The first-order valence-corrected chi connectivity index (χ1v) is 11.5. The maximum Gasteiger partial charge on any atom is 0.223 e. The molecule has 0 amide bonds. The lowest BCUT2D eigenvalue weighted by atomic mass is 9.96. The highest BCUT2D eigenvalue weighted by atomic mass is 16.6. The van der Waals surface area contributed by atoms with Crippen LogP contribution in [0.1, 0.15) is 68.3 Å². The molecule has 2 aromatic rings. The van der Waals surface area contributed by atoms with Crippen molar-refractivity contribution in [3.63, 3.8) is 0 Å². The van der Waals surface area contributed by atoms with E-state index in [2.05, 4.69) is 36.1 Å². The quantitative estimate of drug-likeness (QED) is 0.158. The minimum atomic E-state index is 0.626. The highest BCUT2D eigenvalue weighted by Crippen LogP contribution is 2.24. The van der Waals surface area contributed by atoms with Gasteiger partial charge in [0.15, 0.2) is 0 Å². The van der Waals surface area contributed by atoms with Gasteiger partial charge in [0.05, 0.1) is 12.9 Å². The van der Waals surface area contributed by atoms with Crippen molar-refractivity contribution in [1.82, 2.24) is 9.55 Å². The van der Waals surface area contributed by atoms with Gasteiger partial charge in [-0.3, -0.25) is 0 Å². The first-order chi connectivity index (χ1) is 15.5. The van der Waals surface area contributed by atoms with Crippen molar-refractivity contribution < 1.29 is 14.3 Å². The molecule has 0 unspecified atom stereocenters. The Morgan fingerprint density at radius 3 is 2.44 bits per heavy atom. The number of oxime groups is 1. The van der Waals surface area contributed by atoms with Gasteiger partial charge >= 0.3 is 0 Å². The fourth-order valence-corrected chi connectivity index (χ4v) is 3.79. The molecule has 0 saturated heterocycles. The molecule has 176 valence electrons. The lowest BCUT2D eigenvalue weighted by Crippen LogP contribution is -2.06. The molecule has 0 radical (unpaired) electrons. The van der Waals surface area contributed by atoms with Crippen molar-refractivity contribution in [3.8, 4) is 11.6 Å². The number of hydrogen-bond acceptors (Lipinski definition) is 5. The second-order valence-corrected chi connectivity index (χ2v) is 8.15. The van der Waals surface area contributed by atoms with Crippen LogP contribution >= 0.6 is 0 Å². The molecule has 0 N–H and O–H groups in total. The summed E-state index contributed by atoms with van der Waals surface area (Å²) < 4.78 is 13.7. The van der Waals surface area contributed by atoms with Gasteiger partial charge in [0.1, 0.15) is 30.9 Å². The third-order valence-electron chi connectivity index (χ3n) is 5.52. The first-order valence-electron chi connectivity index (χ1n) is 11.5. The predicted octanol–water partition coefficient (Wildman–Crippen LogP) is 5.93. The van der Waals surface area contributed by atoms with Gasteiger partial charge in [-0.2, -0.15) is 0 Å². The Hall–Kier alpha value is -2.76. The van der Waals surface area contributed by atoms with Gasteiger partial charge in [0.25, 0.3) is 0 Å². The van der Waals surface area contributed by atoms with Gasteiger partial charge in [-0.05, 0) is 75.8 Å². The number of aryl methyl sites for hydroxylation is 3. The van der Waals surface area contributed by atoms with Crippen LogP contribution in [0.4, 0.5) is 0 Å². The zero-order valence-electron chi connectivity index (χ0n) is 20.6. The molecule has 0 aliphatic rings. The van der Waals surface area contributed by atoms with Gasteiger partial charge in [-0.25, -0.2) is 4.98 Å². The Balaban J connectivity index is 1.68. The summed E-state index contributed by atoms with van der Waals surface area (Å²) in [6, 6.07) is 4.32. The van der Waals surface area contributed by atoms with Gasteiger partial charge in [-0.15, -0.1) is 0 Å². The molecule has 0 aliphatic heterocycles. The van der Waals surface area contributed by atoms with Crippen molar-refractivity contribution >= 4 is 5.71 Å². The van der Waals surface area contributed by atoms with Crippen LogP contribution in [0.25, 0.3) is 0 Å². The van der Waals surface area contributed by atoms with Crippen LogP contribution in [-0.2, 0) is 18.3 Å². The van der Waals surface area contributed by atoms with Crippen molar-refractivity contribution in [2.75, 3.05) is 20.3 Å². The zero-order valence-corrected chi connectivity index (χ0v) is 20.6. The van der Waals surface area contributed by atoms with E-state index in [1.165, 1.54) is 43.1 Å². The Morgan fingerprint density at radius 2 is 1.75 bits per heavy atom. The summed E-state index contributed by atoms with van der Waals surface area (Å²) in [6.07, 6.45) is 12.7. The van der Waals surface area contributed by atoms with Gasteiger partial charge in [0, 0.05) is 7.05 Å². The summed E-state index contributed by atoms with van der Waals surface area (Å²) >= 11 is 0. The molecule has 0 fully saturated rings. The molecule has 6 heteroatoms. The second kappa shape index (κ2) is 13.6. The van der Waals surface area contributed by atoms with Crippen LogP contribution in [0.2, 0.25) is 0 Å². The fraction of sp³-hybridized carbons (Fsp3) is 0.538.